The molecule has 10 heteroatoms. The molecular formula is C25H21N9S. The Hall–Kier alpha value is -4.15. The Morgan fingerprint density at radius 2 is 2.00 bits per heavy atom. The molecule has 6 heterocycles. The molecule has 6 aromatic rings. The predicted molar refractivity (Wildman–Crippen MR) is 138 cm³/mol. The minimum absolute atomic E-state index is 0.202. The highest BCUT2D eigenvalue weighted by molar-refractivity contribution is 7.15. The van der Waals surface area contributed by atoms with Crippen molar-refractivity contribution in [3.63, 3.8) is 0 Å². The molecule has 7 rings (SSSR count). The average Bonchev–Trinajstić information content (AvgIpc) is 3.59. The molecule has 1 fully saturated rings. The summed E-state index contributed by atoms with van der Waals surface area (Å²) in [5.74, 6) is 1.52. The second-order valence-corrected chi connectivity index (χ2v) is 10.1. The lowest BCUT2D eigenvalue weighted by Crippen LogP contribution is -2.56. The van der Waals surface area contributed by atoms with Gasteiger partial charge in [0.1, 0.15) is 11.5 Å². The lowest BCUT2D eigenvalue weighted by atomic mass is 10.1. The first kappa shape index (κ1) is 20.2. The number of benzene rings is 1. The van der Waals surface area contributed by atoms with Crippen LogP contribution in [0.25, 0.3) is 55.3 Å². The number of imidazole rings is 1. The third kappa shape index (κ3) is 3.37. The normalized spacial score (nSPS) is 14.2. The van der Waals surface area contributed by atoms with Gasteiger partial charge in [0.15, 0.2) is 11.5 Å². The van der Waals surface area contributed by atoms with Gasteiger partial charge in [-0.15, -0.1) is 11.3 Å². The van der Waals surface area contributed by atoms with E-state index in [1.807, 2.05) is 18.2 Å². The fraction of sp³-hybridized carbons (Fsp3) is 0.160. The van der Waals surface area contributed by atoms with Crippen LogP contribution in [-0.2, 0) is 0 Å². The van der Waals surface area contributed by atoms with E-state index < -0.39 is 0 Å². The first-order valence-corrected chi connectivity index (χ1v) is 12.2. The van der Waals surface area contributed by atoms with Gasteiger partial charge in [-0.1, -0.05) is 6.07 Å². The van der Waals surface area contributed by atoms with Crippen molar-refractivity contribution in [1.29, 1.82) is 0 Å². The van der Waals surface area contributed by atoms with Gasteiger partial charge in [0.05, 0.1) is 29.1 Å². The van der Waals surface area contributed by atoms with Gasteiger partial charge >= 0.3 is 0 Å². The van der Waals surface area contributed by atoms with Crippen LogP contribution in [0.4, 0.5) is 5.82 Å². The third-order valence-corrected chi connectivity index (χ3v) is 7.37. The SMILES string of the molecule is Cc1ccc(-c2ccnc3nc(-c4n[nH]c5ccc(-c6cncc(N7CC(N)C7)n6)cc45)[nH]c23)s1. The molecule has 5 aromatic heterocycles. The highest BCUT2D eigenvalue weighted by Crippen LogP contribution is 2.34. The number of aromatic amines is 2. The molecule has 0 atom stereocenters. The lowest BCUT2D eigenvalue weighted by molar-refractivity contribution is 0.514. The Morgan fingerprint density at radius 1 is 1.09 bits per heavy atom. The van der Waals surface area contributed by atoms with Gasteiger partial charge in [0.25, 0.3) is 0 Å². The fourth-order valence-corrected chi connectivity index (χ4v) is 5.41. The summed E-state index contributed by atoms with van der Waals surface area (Å²) in [6, 6.07) is 12.6. The van der Waals surface area contributed by atoms with Gasteiger partial charge < -0.3 is 15.6 Å². The van der Waals surface area contributed by atoms with Gasteiger partial charge in [-0.3, -0.25) is 10.1 Å². The largest absolute Gasteiger partial charge is 0.352 e. The number of aryl methyl sites for hydroxylation is 1. The highest BCUT2D eigenvalue weighted by atomic mass is 32.1. The van der Waals surface area contributed by atoms with Gasteiger partial charge in [0.2, 0.25) is 0 Å². The van der Waals surface area contributed by atoms with E-state index in [0.29, 0.717) is 11.5 Å². The van der Waals surface area contributed by atoms with E-state index in [2.05, 4.69) is 55.2 Å². The van der Waals surface area contributed by atoms with Crippen LogP contribution in [0, 0.1) is 6.92 Å². The van der Waals surface area contributed by atoms with Crippen LogP contribution in [0.1, 0.15) is 4.88 Å². The van der Waals surface area contributed by atoms with Gasteiger partial charge in [-0.2, -0.15) is 5.10 Å². The topological polar surface area (TPSA) is 125 Å². The number of hydrogen-bond donors (Lipinski definition) is 3. The number of H-pyrrole nitrogens is 2. The number of hydrogen-bond acceptors (Lipinski definition) is 8. The zero-order chi connectivity index (χ0) is 23.5. The number of rotatable bonds is 4. The summed E-state index contributed by atoms with van der Waals surface area (Å²) < 4.78 is 0. The molecule has 0 spiro atoms. The monoisotopic (exact) mass is 479 g/mol. The number of pyridine rings is 1. The van der Waals surface area contributed by atoms with E-state index in [1.54, 1.807) is 29.9 Å². The smallest absolute Gasteiger partial charge is 0.178 e. The molecule has 4 N–H and O–H groups in total. The van der Waals surface area contributed by atoms with Crippen molar-refractivity contribution >= 4 is 39.2 Å². The summed E-state index contributed by atoms with van der Waals surface area (Å²) in [7, 11) is 0. The summed E-state index contributed by atoms with van der Waals surface area (Å²) in [6.07, 6.45) is 5.37. The van der Waals surface area contributed by atoms with E-state index in [4.69, 9.17) is 15.7 Å². The average molecular weight is 480 g/mol. The molecule has 0 amide bonds. The van der Waals surface area contributed by atoms with Gasteiger partial charge in [0, 0.05) is 51.6 Å². The third-order valence-electron chi connectivity index (χ3n) is 6.34. The fourth-order valence-electron chi connectivity index (χ4n) is 4.51. The lowest BCUT2D eigenvalue weighted by Gasteiger charge is -2.37. The Kier molecular flexibility index (Phi) is 4.45. The maximum absolute atomic E-state index is 5.94. The first-order valence-electron chi connectivity index (χ1n) is 11.4. The zero-order valence-electron chi connectivity index (χ0n) is 18.9. The minimum atomic E-state index is 0.202. The van der Waals surface area contributed by atoms with Crippen molar-refractivity contribution < 1.29 is 0 Å². The van der Waals surface area contributed by atoms with Crippen LogP contribution in [0.2, 0.25) is 0 Å². The predicted octanol–water partition coefficient (Wildman–Crippen LogP) is 4.14. The number of anilines is 1. The summed E-state index contributed by atoms with van der Waals surface area (Å²) in [5.41, 5.74) is 12.0. The van der Waals surface area contributed by atoms with Gasteiger partial charge in [-0.25, -0.2) is 15.0 Å². The molecule has 1 aromatic carbocycles. The molecule has 1 aliphatic rings. The van der Waals surface area contributed by atoms with E-state index in [9.17, 15) is 0 Å². The minimum Gasteiger partial charge on any atom is -0.352 e. The summed E-state index contributed by atoms with van der Waals surface area (Å²) in [6.45, 7) is 3.71. The Labute approximate surface area is 204 Å². The molecule has 0 saturated carbocycles. The van der Waals surface area contributed by atoms with Crippen molar-refractivity contribution in [2.75, 3.05) is 18.0 Å². The van der Waals surface area contributed by atoms with Crippen LogP contribution in [0.15, 0.2) is 55.0 Å². The van der Waals surface area contributed by atoms with Crippen molar-refractivity contribution in [3.05, 3.63) is 59.9 Å². The number of aromatic nitrogens is 7. The summed E-state index contributed by atoms with van der Waals surface area (Å²) in [4.78, 5) is 26.5. The number of thiophene rings is 1. The number of fused-ring (bicyclic) bond motifs is 2. The van der Waals surface area contributed by atoms with E-state index in [1.165, 1.54) is 9.75 Å². The van der Waals surface area contributed by atoms with Crippen molar-refractivity contribution in [2.24, 2.45) is 5.73 Å². The molecule has 0 radical (unpaired) electrons. The maximum atomic E-state index is 5.94. The number of nitrogens with zero attached hydrogens (tertiary/aromatic N) is 6. The van der Waals surface area contributed by atoms with Crippen LogP contribution in [-0.4, -0.2) is 54.2 Å². The summed E-state index contributed by atoms with van der Waals surface area (Å²) >= 11 is 1.75. The highest BCUT2D eigenvalue weighted by Gasteiger charge is 2.25. The standard InChI is InChI=1S/C25H21N9S/c1-13-2-5-20(35-13)16-6-7-28-24-22(16)30-25(31-24)23-17-8-14(3-4-18(17)32-33-23)19-9-27-10-21(29-19)34-11-15(26)12-34/h2-10,15H,11-12,26H2,1H3,(H,32,33)(H,28,30,31). The van der Waals surface area contributed by atoms with Crippen LogP contribution in [0.3, 0.4) is 0 Å². The van der Waals surface area contributed by atoms with E-state index in [-0.39, 0.29) is 6.04 Å². The molecule has 0 bridgehead atoms. The maximum Gasteiger partial charge on any atom is 0.178 e. The van der Waals surface area contributed by atoms with Crippen LogP contribution >= 0.6 is 11.3 Å². The quantitative estimate of drug-likeness (QED) is 0.347. The number of nitrogens with two attached hydrogens (primary N) is 1. The molecule has 0 unspecified atom stereocenters. The molecule has 9 nitrogen and oxygen atoms in total. The van der Waals surface area contributed by atoms with Crippen LogP contribution < -0.4 is 10.6 Å². The second kappa shape index (κ2) is 7.69. The number of nitrogens with one attached hydrogen (secondary N) is 2. The molecular weight excluding hydrogens is 458 g/mol. The van der Waals surface area contributed by atoms with Crippen LogP contribution in [0.5, 0.6) is 0 Å². The van der Waals surface area contributed by atoms with E-state index >= 15 is 0 Å². The Bertz CT molecular complexity index is 1710. The molecule has 1 saturated heterocycles. The van der Waals surface area contributed by atoms with Gasteiger partial charge in [-0.05, 0) is 37.3 Å². The molecule has 0 aliphatic carbocycles. The van der Waals surface area contributed by atoms with Crippen molar-refractivity contribution in [2.45, 2.75) is 13.0 Å². The molecule has 35 heavy (non-hydrogen) atoms. The molecule has 172 valence electrons. The van der Waals surface area contributed by atoms with E-state index in [0.717, 1.165) is 57.8 Å². The Morgan fingerprint density at radius 3 is 2.83 bits per heavy atom. The Balaban J connectivity index is 1.31. The van der Waals surface area contributed by atoms with Crippen molar-refractivity contribution in [1.82, 2.24) is 35.1 Å². The first-order chi connectivity index (χ1) is 17.1. The van der Waals surface area contributed by atoms with Crippen molar-refractivity contribution in [3.8, 4) is 33.2 Å². The second-order valence-electron chi connectivity index (χ2n) is 8.81. The zero-order valence-corrected chi connectivity index (χ0v) is 19.7. The summed E-state index contributed by atoms with van der Waals surface area (Å²) in [5, 5.41) is 8.65. The molecule has 1 aliphatic heterocycles.